The molecule has 24 heavy (non-hydrogen) atoms. The maximum atomic E-state index is 5.70. The topological polar surface area (TPSA) is 67.8 Å². The fourth-order valence-electron chi connectivity index (χ4n) is 2.06. The second-order valence-corrected chi connectivity index (χ2v) is 5.05. The number of aromatic nitrogens is 1. The third-order valence-corrected chi connectivity index (χ3v) is 3.31. The van der Waals surface area contributed by atoms with Crippen LogP contribution in [0.5, 0.6) is 11.5 Å². The van der Waals surface area contributed by atoms with E-state index in [0.29, 0.717) is 13.2 Å². The van der Waals surface area contributed by atoms with E-state index in [-0.39, 0.29) is 0 Å². The fourth-order valence-corrected chi connectivity index (χ4v) is 2.06. The highest BCUT2D eigenvalue weighted by molar-refractivity contribution is 5.79. The molecule has 0 aliphatic rings. The number of benzene rings is 1. The number of ether oxygens (including phenoxy) is 2. The van der Waals surface area contributed by atoms with Gasteiger partial charge in [0, 0.05) is 25.9 Å². The summed E-state index contributed by atoms with van der Waals surface area (Å²) < 4.78 is 10.9. The Hall–Kier alpha value is -2.76. The van der Waals surface area contributed by atoms with Crippen molar-refractivity contribution in [3.8, 4) is 11.5 Å². The summed E-state index contributed by atoms with van der Waals surface area (Å²) in [6, 6.07) is 13.4. The van der Waals surface area contributed by atoms with E-state index >= 15 is 0 Å². The lowest BCUT2D eigenvalue weighted by molar-refractivity contribution is 0.308. The molecule has 1 heterocycles. The molecular formula is C18H24N4O2. The van der Waals surface area contributed by atoms with E-state index in [0.717, 1.165) is 36.1 Å². The first kappa shape index (κ1) is 17.6. The molecule has 0 bridgehead atoms. The molecule has 0 radical (unpaired) electrons. The molecular weight excluding hydrogens is 304 g/mol. The zero-order valence-corrected chi connectivity index (χ0v) is 14.2. The molecule has 0 unspecified atom stereocenters. The predicted molar refractivity (Wildman–Crippen MR) is 95.5 cm³/mol. The summed E-state index contributed by atoms with van der Waals surface area (Å²) in [4.78, 5) is 8.46. The summed E-state index contributed by atoms with van der Waals surface area (Å²) in [6.07, 6.45) is 2.64. The summed E-state index contributed by atoms with van der Waals surface area (Å²) in [5.74, 6) is 2.36. The summed E-state index contributed by atoms with van der Waals surface area (Å²) >= 11 is 0. The molecule has 0 saturated carbocycles. The van der Waals surface area contributed by atoms with Crippen LogP contribution < -0.4 is 20.1 Å². The van der Waals surface area contributed by atoms with Crippen LogP contribution in [0.4, 0.5) is 0 Å². The van der Waals surface area contributed by atoms with Crippen molar-refractivity contribution in [2.24, 2.45) is 4.99 Å². The Kier molecular flexibility index (Phi) is 7.40. The van der Waals surface area contributed by atoms with Gasteiger partial charge in [0.2, 0.25) is 0 Å². The fraction of sp³-hybridized carbons (Fsp3) is 0.333. The van der Waals surface area contributed by atoms with Crippen LogP contribution in [0.2, 0.25) is 0 Å². The van der Waals surface area contributed by atoms with Gasteiger partial charge < -0.3 is 20.1 Å². The van der Waals surface area contributed by atoms with E-state index in [1.807, 2.05) is 42.5 Å². The molecule has 0 atom stereocenters. The van der Waals surface area contributed by atoms with Crippen LogP contribution in [0.3, 0.4) is 0 Å². The Morgan fingerprint density at radius 2 is 2.00 bits per heavy atom. The minimum absolute atomic E-state index is 0.622. The van der Waals surface area contributed by atoms with Gasteiger partial charge in [0.1, 0.15) is 11.5 Å². The van der Waals surface area contributed by atoms with E-state index in [9.17, 15) is 0 Å². The summed E-state index contributed by atoms with van der Waals surface area (Å²) in [5.41, 5.74) is 0.974. The van der Waals surface area contributed by atoms with Gasteiger partial charge >= 0.3 is 0 Å². The molecule has 0 aliphatic carbocycles. The molecule has 0 saturated heterocycles. The molecule has 1 aromatic heterocycles. The quantitative estimate of drug-likeness (QED) is 0.442. The molecule has 0 fully saturated rings. The van der Waals surface area contributed by atoms with Crippen LogP contribution in [-0.4, -0.2) is 38.3 Å². The van der Waals surface area contributed by atoms with Crippen LogP contribution >= 0.6 is 0 Å². The Morgan fingerprint density at radius 1 is 1.12 bits per heavy atom. The second kappa shape index (κ2) is 10.1. The number of aliphatic imine (C=N–C) groups is 1. The first-order valence-corrected chi connectivity index (χ1v) is 7.93. The van der Waals surface area contributed by atoms with Crippen molar-refractivity contribution in [2.75, 3.05) is 27.3 Å². The summed E-state index contributed by atoms with van der Waals surface area (Å²) in [6.45, 7) is 2.03. The average Bonchev–Trinajstić information content (AvgIpc) is 2.65. The normalized spacial score (nSPS) is 11.0. The molecule has 0 aliphatic heterocycles. The van der Waals surface area contributed by atoms with Crippen molar-refractivity contribution in [3.05, 3.63) is 54.4 Å². The van der Waals surface area contributed by atoms with E-state index in [1.54, 1.807) is 20.4 Å². The largest absolute Gasteiger partial charge is 0.497 e. The van der Waals surface area contributed by atoms with Crippen molar-refractivity contribution in [3.63, 3.8) is 0 Å². The average molecular weight is 328 g/mol. The number of nitrogens with one attached hydrogen (secondary N) is 2. The number of nitrogens with zero attached hydrogens (tertiary/aromatic N) is 2. The SMILES string of the molecule is CN=C(NCCCOc1cccc(OC)c1)NCc1ccccn1. The molecule has 2 aromatic rings. The number of rotatable bonds is 8. The van der Waals surface area contributed by atoms with Gasteiger partial charge in [-0.2, -0.15) is 0 Å². The van der Waals surface area contributed by atoms with Crippen molar-refractivity contribution in [1.29, 1.82) is 0 Å². The molecule has 6 heteroatoms. The van der Waals surface area contributed by atoms with E-state index in [4.69, 9.17) is 9.47 Å². The van der Waals surface area contributed by atoms with Crippen LogP contribution in [0.15, 0.2) is 53.7 Å². The monoisotopic (exact) mass is 328 g/mol. The van der Waals surface area contributed by atoms with E-state index in [1.165, 1.54) is 0 Å². The van der Waals surface area contributed by atoms with Crippen molar-refractivity contribution >= 4 is 5.96 Å². The first-order valence-electron chi connectivity index (χ1n) is 7.93. The van der Waals surface area contributed by atoms with Crippen molar-refractivity contribution in [1.82, 2.24) is 15.6 Å². The summed E-state index contributed by atoms with van der Waals surface area (Å²) in [5, 5.41) is 6.48. The molecule has 1 aromatic carbocycles. The van der Waals surface area contributed by atoms with E-state index in [2.05, 4.69) is 20.6 Å². The lowest BCUT2D eigenvalue weighted by Gasteiger charge is -2.12. The summed E-state index contributed by atoms with van der Waals surface area (Å²) in [7, 11) is 3.40. The van der Waals surface area contributed by atoms with Gasteiger partial charge in [-0.3, -0.25) is 9.98 Å². The smallest absolute Gasteiger partial charge is 0.191 e. The lowest BCUT2D eigenvalue weighted by atomic mass is 10.3. The molecule has 0 spiro atoms. The van der Waals surface area contributed by atoms with Crippen LogP contribution in [0.1, 0.15) is 12.1 Å². The van der Waals surface area contributed by atoms with Crippen molar-refractivity contribution < 1.29 is 9.47 Å². The molecule has 2 N–H and O–H groups in total. The molecule has 0 amide bonds. The van der Waals surface area contributed by atoms with Gasteiger partial charge in [-0.1, -0.05) is 12.1 Å². The highest BCUT2D eigenvalue weighted by atomic mass is 16.5. The van der Waals surface area contributed by atoms with Gasteiger partial charge in [-0.05, 0) is 30.7 Å². The van der Waals surface area contributed by atoms with Crippen LogP contribution in [0.25, 0.3) is 0 Å². The third-order valence-electron chi connectivity index (χ3n) is 3.31. The number of hydrogen-bond donors (Lipinski definition) is 2. The Balaban J connectivity index is 1.63. The standard InChI is InChI=1S/C18H24N4O2/c1-19-18(22-14-15-7-3-4-10-20-15)21-11-6-12-24-17-9-5-8-16(13-17)23-2/h3-5,7-10,13H,6,11-12,14H2,1-2H3,(H2,19,21,22). The lowest BCUT2D eigenvalue weighted by Crippen LogP contribution is -2.37. The second-order valence-electron chi connectivity index (χ2n) is 5.05. The van der Waals surface area contributed by atoms with Gasteiger partial charge in [0.05, 0.1) is 26.0 Å². The minimum Gasteiger partial charge on any atom is -0.497 e. The molecule has 128 valence electrons. The highest BCUT2D eigenvalue weighted by Crippen LogP contribution is 2.18. The molecule has 2 rings (SSSR count). The zero-order valence-electron chi connectivity index (χ0n) is 14.2. The minimum atomic E-state index is 0.622. The number of pyridine rings is 1. The van der Waals surface area contributed by atoms with Crippen LogP contribution in [0, 0.1) is 0 Å². The molecule has 6 nitrogen and oxygen atoms in total. The third kappa shape index (κ3) is 6.16. The Morgan fingerprint density at radius 3 is 2.75 bits per heavy atom. The first-order chi connectivity index (χ1) is 11.8. The number of hydrogen-bond acceptors (Lipinski definition) is 4. The maximum Gasteiger partial charge on any atom is 0.191 e. The van der Waals surface area contributed by atoms with E-state index < -0.39 is 0 Å². The maximum absolute atomic E-state index is 5.70. The van der Waals surface area contributed by atoms with Crippen molar-refractivity contribution in [2.45, 2.75) is 13.0 Å². The predicted octanol–water partition coefficient (Wildman–Crippen LogP) is 2.22. The Bertz CT molecular complexity index is 632. The highest BCUT2D eigenvalue weighted by Gasteiger charge is 2.00. The zero-order chi connectivity index (χ0) is 17.0. The Labute approximate surface area is 142 Å². The van der Waals surface area contributed by atoms with Gasteiger partial charge in [-0.25, -0.2) is 0 Å². The van der Waals surface area contributed by atoms with Gasteiger partial charge in [0.25, 0.3) is 0 Å². The number of guanidine groups is 1. The van der Waals surface area contributed by atoms with Gasteiger partial charge in [0.15, 0.2) is 5.96 Å². The van der Waals surface area contributed by atoms with Gasteiger partial charge in [-0.15, -0.1) is 0 Å². The number of methoxy groups -OCH3 is 1. The van der Waals surface area contributed by atoms with Crippen LogP contribution in [-0.2, 0) is 6.54 Å².